The average Bonchev–Trinajstić information content (AvgIpc) is 2.95. The number of aromatic nitrogens is 2. The van der Waals surface area contributed by atoms with Crippen LogP contribution in [0.4, 0.5) is 5.69 Å². The second-order valence-corrected chi connectivity index (χ2v) is 7.38. The Bertz CT molecular complexity index is 1070. The quantitative estimate of drug-likeness (QED) is 0.580. The normalized spacial score (nSPS) is 14.8. The number of nitrogens with zero attached hydrogens (tertiary/aromatic N) is 3. The molecule has 0 aliphatic carbocycles. The molecule has 0 fully saturated rings. The molecule has 4 rings (SSSR count). The number of hydrogen-bond acceptors (Lipinski definition) is 8. The van der Waals surface area contributed by atoms with Crippen LogP contribution >= 0.6 is 11.8 Å². The fourth-order valence-corrected chi connectivity index (χ4v) is 3.53. The zero-order chi connectivity index (χ0) is 22.2. The Morgan fingerprint density at radius 1 is 1.26 bits per heavy atom. The van der Waals surface area contributed by atoms with Gasteiger partial charge in [0, 0.05) is 25.5 Å². The summed E-state index contributed by atoms with van der Waals surface area (Å²) in [6, 6.07) is 7.15. The number of fused-ring (bicyclic) bond motifs is 1. The van der Waals surface area contributed by atoms with Gasteiger partial charge in [0.1, 0.15) is 10.7 Å². The highest BCUT2D eigenvalue weighted by molar-refractivity contribution is 8.03. The minimum Gasteiger partial charge on any atom is -0.395 e. The minimum atomic E-state index is -0.228. The predicted molar refractivity (Wildman–Crippen MR) is 125 cm³/mol. The average molecular weight is 436 g/mol. The summed E-state index contributed by atoms with van der Waals surface area (Å²) in [6.45, 7) is 5.16. The summed E-state index contributed by atoms with van der Waals surface area (Å²) in [4.78, 5) is 25.9. The van der Waals surface area contributed by atoms with Crippen molar-refractivity contribution in [2.75, 3.05) is 13.1 Å². The Labute approximate surface area is 185 Å². The number of aliphatic imine (C=N–C) groups is 1. The minimum absolute atomic E-state index is 0.228. The van der Waals surface area contributed by atoms with E-state index in [2.05, 4.69) is 25.6 Å². The molecule has 0 spiro atoms. The second kappa shape index (κ2) is 10.4. The maximum absolute atomic E-state index is 12.6. The van der Waals surface area contributed by atoms with Crippen LogP contribution in [0.1, 0.15) is 29.9 Å². The molecular weight excluding hydrogens is 410 g/mol. The number of nitrogens with two attached hydrogens (primary N) is 2. The molecule has 160 valence electrons. The number of dihydropyridines is 1. The molecule has 2 aliphatic heterocycles. The van der Waals surface area contributed by atoms with E-state index >= 15 is 0 Å². The van der Waals surface area contributed by atoms with Gasteiger partial charge >= 0.3 is 0 Å². The summed E-state index contributed by atoms with van der Waals surface area (Å²) in [7, 11) is 0. The molecular formula is C22H25N7OS. The van der Waals surface area contributed by atoms with Crippen LogP contribution in [0.5, 0.6) is 0 Å². The van der Waals surface area contributed by atoms with E-state index in [1.807, 2.05) is 44.3 Å². The van der Waals surface area contributed by atoms with Crippen molar-refractivity contribution >= 4 is 29.1 Å². The monoisotopic (exact) mass is 435 g/mol. The molecule has 0 saturated carbocycles. The van der Waals surface area contributed by atoms with Gasteiger partial charge in [0.05, 0.1) is 27.7 Å². The first kappa shape index (κ1) is 22.1. The molecule has 0 bridgehead atoms. The Morgan fingerprint density at radius 2 is 2.10 bits per heavy atom. The van der Waals surface area contributed by atoms with Gasteiger partial charge in [0.15, 0.2) is 0 Å². The summed E-state index contributed by atoms with van der Waals surface area (Å²) in [6.07, 6.45) is 8.92. The molecule has 0 saturated heterocycles. The number of rotatable bonds is 4. The van der Waals surface area contributed by atoms with E-state index in [1.165, 1.54) is 18.0 Å². The van der Waals surface area contributed by atoms with E-state index in [1.54, 1.807) is 18.3 Å². The lowest BCUT2D eigenvalue weighted by molar-refractivity contribution is 0.0956. The molecule has 2 aromatic heterocycles. The lowest BCUT2D eigenvalue weighted by Gasteiger charge is -2.12. The smallest absolute Gasteiger partial charge is 0.253 e. The standard InChI is InChI=1S/C20H19N7OS.C2H6/c21-16-17(14-5-1-2-7-24-14)27-15-8-13(11-26-20(15)29-18(16)22)19(28)25-10-12-4-3-6-23-9-12;1-2/h1-8,11,23H,9-10,21-22H2,(H,25,28);1-2H3. The zero-order valence-electron chi connectivity index (χ0n) is 17.4. The lowest BCUT2D eigenvalue weighted by Crippen LogP contribution is -2.29. The molecule has 31 heavy (non-hydrogen) atoms. The van der Waals surface area contributed by atoms with Crippen LogP contribution in [-0.4, -0.2) is 34.7 Å². The maximum atomic E-state index is 12.6. The van der Waals surface area contributed by atoms with Crippen molar-refractivity contribution in [1.29, 1.82) is 0 Å². The first-order valence-electron chi connectivity index (χ1n) is 9.91. The number of nitrogens with one attached hydrogen (secondary N) is 2. The molecule has 4 heterocycles. The zero-order valence-corrected chi connectivity index (χ0v) is 18.2. The molecule has 0 aromatic carbocycles. The maximum Gasteiger partial charge on any atom is 0.253 e. The second-order valence-electron chi connectivity index (χ2n) is 6.35. The number of amides is 1. The summed E-state index contributed by atoms with van der Waals surface area (Å²) < 4.78 is 0. The number of carbonyl (C=O) groups excluding carboxylic acids is 1. The number of pyridine rings is 2. The lowest BCUT2D eigenvalue weighted by atomic mass is 10.1. The molecule has 9 heteroatoms. The third-order valence-corrected chi connectivity index (χ3v) is 5.26. The van der Waals surface area contributed by atoms with Crippen molar-refractivity contribution in [3.8, 4) is 0 Å². The van der Waals surface area contributed by atoms with E-state index in [9.17, 15) is 4.79 Å². The largest absolute Gasteiger partial charge is 0.395 e. The number of hydrogen-bond donors (Lipinski definition) is 4. The van der Waals surface area contributed by atoms with Gasteiger partial charge in [-0.15, -0.1) is 0 Å². The summed E-state index contributed by atoms with van der Waals surface area (Å²) in [5.74, 6) is -0.228. The van der Waals surface area contributed by atoms with Gasteiger partial charge < -0.3 is 22.1 Å². The van der Waals surface area contributed by atoms with E-state index < -0.39 is 0 Å². The number of thioether (sulfide) groups is 1. The Kier molecular flexibility index (Phi) is 7.45. The molecule has 0 unspecified atom stereocenters. The third kappa shape index (κ3) is 5.32. The number of allylic oxidation sites excluding steroid dienone is 3. The van der Waals surface area contributed by atoms with Crippen LogP contribution in [-0.2, 0) is 0 Å². The predicted octanol–water partition coefficient (Wildman–Crippen LogP) is 2.59. The van der Waals surface area contributed by atoms with Crippen LogP contribution in [0.3, 0.4) is 0 Å². The van der Waals surface area contributed by atoms with E-state index in [-0.39, 0.29) is 5.91 Å². The SMILES string of the molecule is CC.NC1=C(N)C(c2ccccn2)=Nc2cc(C(=O)NCC3=CC=CNC3)cnc2S1. The van der Waals surface area contributed by atoms with Gasteiger partial charge in [-0.2, -0.15) is 0 Å². The topological polar surface area (TPSA) is 131 Å². The molecule has 8 nitrogen and oxygen atoms in total. The van der Waals surface area contributed by atoms with Gasteiger partial charge in [-0.1, -0.05) is 26.0 Å². The van der Waals surface area contributed by atoms with Crippen molar-refractivity contribution in [1.82, 2.24) is 20.6 Å². The first-order valence-corrected chi connectivity index (χ1v) is 10.7. The van der Waals surface area contributed by atoms with Gasteiger partial charge in [0.25, 0.3) is 5.91 Å². The van der Waals surface area contributed by atoms with Crippen LogP contribution in [0.2, 0.25) is 0 Å². The van der Waals surface area contributed by atoms with Crippen molar-refractivity contribution in [3.05, 3.63) is 82.6 Å². The van der Waals surface area contributed by atoms with Crippen LogP contribution in [0.15, 0.2) is 81.3 Å². The van der Waals surface area contributed by atoms with Gasteiger partial charge in [-0.25, -0.2) is 9.98 Å². The van der Waals surface area contributed by atoms with Crippen molar-refractivity contribution in [2.24, 2.45) is 16.5 Å². The van der Waals surface area contributed by atoms with Crippen LogP contribution in [0, 0.1) is 0 Å². The fourth-order valence-electron chi connectivity index (χ4n) is 2.80. The van der Waals surface area contributed by atoms with Gasteiger partial charge in [-0.3, -0.25) is 9.78 Å². The highest BCUT2D eigenvalue weighted by Crippen LogP contribution is 2.35. The molecule has 1 amide bonds. The third-order valence-electron chi connectivity index (χ3n) is 4.31. The Hall–Kier alpha value is -3.59. The molecule has 6 N–H and O–H groups in total. The van der Waals surface area contributed by atoms with Crippen LogP contribution < -0.4 is 22.1 Å². The van der Waals surface area contributed by atoms with E-state index in [0.29, 0.717) is 51.5 Å². The fraction of sp³-hybridized carbons (Fsp3) is 0.182. The van der Waals surface area contributed by atoms with Crippen molar-refractivity contribution in [2.45, 2.75) is 18.9 Å². The molecule has 2 aromatic rings. The Morgan fingerprint density at radius 3 is 2.81 bits per heavy atom. The Balaban J connectivity index is 0.00000132. The summed E-state index contributed by atoms with van der Waals surface area (Å²) in [5, 5.41) is 6.98. The highest BCUT2D eigenvalue weighted by Gasteiger charge is 2.21. The first-order chi connectivity index (χ1) is 15.1. The van der Waals surface area contributed by atoms with E-state index in [4.69, 9.17) is 11.5 Å². The number of carbonyl (C=O) groups is 1. The van der Waals surface area contributed by atoms with Gasteiger partial charge in [-0.05, 0) is 47.8 Å². The van der Waals surface area contributed by atoms with Gasteiger partial charge in [0.2, 0.25) is 0 Å². The van der Waals surface area contributed by atoms with Crippen molar-refractivity contribution in [3.63, 3.8) is 0 Å². The summed E-state index contributed by atoms with van der Waals surface area (Å²) in [5.41, 5.74) is 15.7. The molecule has 0 atom stereocenters. The van der Waals surface area contributed by atoms with Crippen molar-refractivity contribution < 1.29 is 4.79 Å². The summed E-state index contributed by atoms with van der Waals surface area (Å²) >= 11 is 1.22. The van der Waals surface area contributed by atoms with E-state index in [0.717, 1.165) is 5.57 Å². The highest BCUT2D eigenvalue weighted by atomic mass is 32.2. The molecule has 0 radical (unpaired) electrons. The van der Waals surface area contributed by atoms with Crippen LogP contribution in [0.25, 0.3) is 0 Å². The molecule has 2 aliphatic rings.